The largest absolute Gasteiger partial charge is 0.463 e. The number of rotatable bonds is 54. The van der Waals surface area contributed by atoms with Crippen LogP contribution in [0.4, 0.5) is 0 Å². The number of fused-ring (bicyclic) bond motifs is 4. The summed E-state index contributed by atoms with van der Waals surface area (Å²) < 4.78 is 100. The number of benzene rings is 10. The summed E-state index contributed by atoms with van der Waals surface area (Å²) in [6.07, 6.45) is 15.9. The van der Waals surface area contributed by atoms with Crippen LogP contribution in [-0.2, 0) is 115 Å². The fourth-order valence-corrected chi connectivity index (χ4v) is 29.3. The Bertz CT molecular complexity index is 4540. The highest BCUT2D eigenvalue weighted by Crippen LogP contribution is 2.41. The molecule has 3 heterocycles. The minimum absolute atomic E-state index is 0.0433. The van der Waals surface area contributed by atoms with Gasteiger partial charge in [0.1, 0.15) is 62.0 Å². The van der Waals surface area contributed by atoms with Crippen LogP contribution in [0.5, 0.6) is 0 Å². The molecule has 0 aromatic heterocycles. The second-order valence-electron chi connectivity index (χ2n) is 40.0. The molecule has 13 rings (SSSR count). The van der Waals surface area contributed by atoms with Crippen molar-refractivity contribution in [3.05, 3.63) is 337 Å². The van der Waals surface area contributed by atoms with Gasteiger partial charge in [0.2, 0.25) is 0 Å². The van der Waals surface area contributed by atoms with Gasteiger partial charge in [-0.25, -0.2) is 0 Å². The molecule has 0 radical (unpaired) electrons. The monoisotopic (exact) mass is 1910 g/mol. The zero-order chi connectivity index (χ0) is 96.0. The van der Waals surface area contributed by atoms with E-state index in [9.17, 15) is 0 Å². The second-order valence-corrected chi connectivity index (χ2v) is 48.6. The van der Waals surface area contributed by atoms with Gasteiger partial charge in [0.15, 0.2) is 12.6 Å². The lowest BCUT2D eigenvalue weighted by Crippen LogP contribution is -2.66. The summed E-state index contributed by atoms with van der Waals surface area (Å²) in [6.45, 7) is 16.2. The van der Waals surface area contributed by atoms with E-state index in [4.69, 9.17) is 65.7 Å². The third-order valence-corrected chi connectivity index (χ3v) is 37.5. The van der Waals surface area contributed by atoms with Gasteiger partial charge in [-0.3, -0.25) is 9.59 Å². The molecule has 16 nitrogen and oxygen atoms in total. The summed E-state index contributed by atoms with van der Waals surface area (Å²) in [5.74, 6) is -1.00. The fourth-order valence-electron chi connectivity index (χ4n) is 20.1. The summed E-state index contributed by atoms with van der Waals surface area (Å²) in [7, 11) is -5.13. The van der Waals surface area contributed by atoms with Gasteiger partial charge in [0.05, 0.1) is 64.7 Å². The Morgan fingerprint density at radius 3 is 0.681 bits per heavy atom. The molecule has 138 heavy (non-hydrogen) atoms. The maximum Gasteiger partial charge on any atom is 0.308 e. The van der Waals surface area contributed by atoms with E-state index in [1.54, 1.807) is 0 Å². The standard InChI is InChI=1S/C120H156O16Si2/c1-119(2,3)137(103-75-51-33-52-76-103,104-77-53-34-54-78-104)131-83-59-25-21-17-13-9-7-11-15-19-23-49-73-101-85-109(121)123-93-108-112(126-88-96-63-39-28-40-64-96)114(128-90-98-67-43-30-44-68-98)116(130-92-100-71-47-32-48-72-100)118(136-108)134-102(74-50-24-20-16-12-8-10-14-18-22-26-60-84-132-138(120(4,5)6,105-79-55-35-56-80-105)106-81-57-36-58-82-106)86-110(122)124-94-107-111(125-87-95-61-37-27-38-62-95)113(127-89-97-65-41-29-42-66-97)115(117(133-101)135-107)129-91-99-69-45-31-46-70-99/h27-48,51-58,61-72,75-82,101-102,107-108,111-118H,7-26,49-50,59-60,73-74,83-94H2,1-6H3/t101?,102?,107-,108-,111-,112-,113+,114+,115-,116-,117-,118-/m1/s1. The predicted octanol–water partition coefficient (Wildman–Crippen LogP) is 24.9. The first-order valence-corrected chi connectivity index (χ1v) is 55.8. The third-order valence-electron chi connectivity index (χ3n) is 27.5. The number of cyclic esters (lactones) is 2. The van der Waals surface area contributed by atoms with Crippen LogP contribution in [0, 0.1) is 0 Å². The van der Waals surface area contributed by atoms with Crippen LogP contribution in [0.25, 0.3) is 0 Å². The molecule has 0 spiro atoms. The quantitative estimate of drug-likeness (QED) is 0.0201. The molecule has 10 aromatic carbocycles. The molecule has 0 aliphatic carbocycles. The van der Waals surface area contributed by atoms with Crippen molar-refractivity contribution >= 4 is 49.3 Å². The topological polar surface area (TPSA) is 163 Å². The molecule has 740 valence electrons. The molecule has 18 heteroatoms. The SMILES string of the molecule is CC(C)(C)[Si](OCCCCCCCCCCCCCCC1CC(=O)OC[C@H]2O[C@@H](OC(CCCCCCCCCCCCCCO[Si](c3ccccc3)(c3ccccc3)C(C)(C)C)CC(=O)OC[C@H]3O[C@@H](O1)[C@H](OCc1ccccc1)[C@@H](OCc1ccccc1)[C@@H]3OCc1ccccc1)[C@H](OCc1ccccc1)[C@@H](OCc1ccccc1)[C@@H]2OCc1ccccc1)(c1ccccc1)c1ccccc1. The van der Waals surface area contributed by atoms with Crippen LogP contribution in [0.2, 0.25) is 10.1 Å². The normalized spacial score (nSPS) is 20.9. The van der Waals surface area contributed by atoms with Gasteiger partial charge >= 0.3 is 11.9 Å². The number of esters is 2. The summed E-state index contributed by atoms with van der Waals surface area (Å²) >= 11 is 0. The van der Waals surface area contributed by atoms with E-state index >= 15 is 9.59 Å². The van der Waals surface area contributed by atoms with Gasteiger partial charge < -0.3 is 65.7 Å². The van der Waals surface area contributed by atoms with Crippen LogP contribution in [0.3, 0.4) is 0 Å². The molecule has 3 fully saturated rings. The Morgan fingerprint density at radius 1 is 0.246 bits per heavy atom. The van der Waals surface area contributed by atoms with Crippen molar-refractivity contribution in [2.45, 2.75) is 345 Å². The van der Waals surface area contributed by atoms with Gasteiger partial charge in [-0.1, -0.05) is 486 Å². The van der Waals surface area contributed by atoms with Crippen molar-refractivity contribution in [2.24, 2.45) is 0 Å². The molecule has 3 aliphatic rings. The number of ether oxygens (including phenoxy) is 12. The summed E-state index contributed by atoms with van der Waals surface area (Å²) in [4.78, 5) is 30.9. The number of hydrogen-bond acceptors (Lipinski definition) is 16. The maximum absolute atomic E-state index is 15.5. The number of unbranched alkanes of at least 4 members (excludes halogenated alkanes) is 22. The minimum Gasteiger partial charge on any atom is -0.463 e. The van der Waals surface area contributed by atoms with Crippen molar-refractivity contribution in [1.29, 1.82) is 0 Å². The molecule has 12 atom stereocenters. The molecule has 4 bridgehead atoms. The van der Waals surface area contributed by atoms with Gasteiger partial charge in [0.25, 0.3) is 16.6 Å². The second kappa shape index (κ2) is 57.9. The number of carbonyl (C=O) groups excluding carboxylic acids is 2. The van der Waals surface area contributed by atoms with Crippen molar-refractivity contribution in [3.63, 3.8) is 0 Å². The average Bonchev–Trinajstić information content (AvgIpc) is 0.746. The fraction of sp³-hybridized carbons (Fsp3) is 0.483. The molecule has 0 amide bonds. The third kappa shape index (κ3) is 33.1. The first-order chi connectivity index (χ1) is 67.6. The highest BCUT2D eigenvalue weighted by molar-refractivity contribution is 7.00. The Labute approximate surface area is 827 Å². The Kier molecular flexibility index (Phi) is 44.6. The molecule has 2 unspecified atom stereocenters. The van der Waals surface area contributed by atoms with Gasteiger partial charge in [-0.2, -0.15) is 0 Å². The van der Waals surface area contributed by atoms with Crippen LogP contribution in [0.1, 0.15) is 255 Å². The van der Waals surface area contributed by atoms with E-state index in [1.807, 2.05) is 182 Å². The first-order valence-electron chi connectivity index (χ1n) is 52.0. The van der Waals surface area contributed by atoms with Gasteiger partial charge in [0, 0.05) is 13.2 Å². The summed E-state index contributed by atoms with van der Waals surface area (Å²) in [5.41, 5.74) is 5.59. The van der Waals surface area contributed by atoms with E-state index in [0.29, 0.717) is 12.8 Å². The minimum atomic E-state index is -2.56. The van der Waals surface area contributed by atoms with Crippen LogP contribution < -0.4 is 20.7 Å². The van der Waals surface area contributed by atoms with Crippen molar-refractivity contribution in [3.8, 4) is 0 Å². The highest BCUT2D eigenvalue weighted by atomic mass is 28.4. The van der Waals surface area contributed by atoms with Crippen molar-refractivity contribution < 1.29 is 75.3 Å². The summed E-state index contributed by atoms with van der Waals surface area (Å²) in [6, 6.07) is 104. The van der Waals surface area contributed by atoms with Crippen LogP contribution >= 0.6 is 0 Å². The molecule has 0 N–H and O–H groups in total. The lowest BCUT2D eigenvalue weighted by atomic mass is 9.97. The van der Waals surface area contributed by atoms with Gasteiger partial charge in [-0.15, -0.1) is 0 Å². The molecular weight excluding hydrogens is 1750 g/mol. The Hall–Kier alpha value is -8.91. The molecular formula is C120H156O16Si2. The number of carbonyl (C=O) groups is 2. The van der Waals surface area contributed by atoms with E-state index in [1.165, 1.54) is 85.0 Å². The zero-order valence-electron chi connectivity index (χ0n) is 83.2. The van der Waals surface area contributed by atoms with Crippen molar-refractivity contribution in [2.75, 3.05) is 26.4 Å². The van der Waals surface area contributed by atoms with Crippen LogP contribution in [0.15, 0.2) is 303 Å². The lowest BCUT2D eigenvalue weighted by molar-refractivity contribution is -0.338. The molecule has 10 aromatic rings. The van der Waals surface area contributed by atoms with E-state index in [2.05, 4.69) is 163 Å². The lowest BCUT2D eigenvalue weighted by Gasteiger charge is -2.47. The van der Waals surface area contributed by atoms with Crippen LogP contribution in [-0.4, -0.2) is 129 Å². The van der Waals surface area contributed by atoms with Crippen molar-refractivity contribution in [1.82, 2.24) is 0 Å². The number of hydrogen-bond donors (Lipinski definition) is 0. The molecule has 0 saturated carbocycles. The smallest absolute Gasteiger partial charge is 0.308 e. The average molecular weight is 1910 g/mol. The van der Waals surface area contributed by atoms with Gasteiger partial charge in [-0.05, 0) is 89.9 Å². The van der Waals surface area contributed by atoms with E-state index in [0.717, 1.165) is 136 Å². The molecule has 3 aliphatic heterocycles. The first kappa shape index (κ1) is 106. The zero-order valence-corrected chi connectivity index (χ0v) is 85.2. The maximum atomic E-state index is 15.5. The highest BCUT2D eigenvalue weighted by Gasteiger charge is 2.55. The van der Waals surface area contributed by atoms with E-state index in [-0.39, 0.29) is 75.8 Å². The Morgan fingerprint density at radius 2 is 0.449 bits per heavy atom. The summed E-state index contributed by atoms with van der Waals surface area (Å²) in [5, 5.41) is 5.21. The predicted molar refractivity (Wildman–Crippen MR) is 556 cm³/mol. The Balaban J connectivity index is 0.711. The van der Waals surface area contributed by atoms with E-state index < -0.39 is 102 Å². The molecule has 3 saturated heterocycles.